The molecule has 32 heavy (non-hydrogen) atoms. The predicted molar refractivity (Wildman–Crippen MR) is 134 cm³/mol. The first-order valence-corrected chi connectivity index (χ1v) is 11.7. The highest BCUT2D eigenvalue weighted by atomic mass is 79.9. The molecule has 2 N–H and O–H groups in total. The number of rotatable bonds is 6. The first-order chi connectivity index (χ1) is 15.4. The van der Waals surface area contributed by atoms with Gasteiger partial charge in [-0.25, -0.2) is 4.98 Å². The Labute approximate surface area is 197 Å². The number of carbonyl (C=O) groups is 1. The molecule has 1 aliphatic carbocycles. The van der Waals surface area contributed by atoms with Crippen LogP contribution in [0.5, 0.6) is 5.75 Å². The number of ether oxygens (including phenoxy) is 1. The molecule has 0 radical (unpaired) electrons. The molecule has 1 fully saturated rings. The molecule has 1 aliphatic rings. The van der Waals surface area contributed by atoms with Crippen molar-refractivity contribution in [2.24, 2.45) is 0 Å². The predicted octanol–water partition coefficient (Wildman–Crippen LogP) is 5.23. The van der Waals surface area contributed by atoms with Crippen molar-refractivity contribution in [3.05, 3.63) is 58.6 Å². The molecule has 0 bridgehead atoms. The smallest absolute Gasteiger partial charge is 0.252 e. The number of benzene rings is 2. The van der Waals surface area contributed by atoms with Gasteiger partial charge < -0.3 is 20.3 Å². The molecule has 0 aliphatic heterocycles. The number of aromatic nitrogens is 1. The average molecular weight is 497 g/mol. The quantitative estimate of drug-likeness (QED) is 0.489. The maximum Gasteiger partial charge on any atom is 0.252 e. The number of nitrogens with zero attached hydrogens (tertiary/aromatic N) is 2. The fraction of sp³-hybridized carbons (Fsp3) is 0.360. The van der Waals surface area contributed by atoms with Crippen LogP contribution in [0.2, 0.25) is 0 Å². The van der Waals surface area contributed by atoms with E-state index in [4.69, 9.17) is 9.72 Å². The third-order valence-corrected chi connectivity index (χ3v) is 6.70. The largest absolute Gasteiger partial charge is 0.497 e. The molecule has 4 rings (SSSR count). The van der Waals surface area contributed by atoms with E-state index in [9.17, 15) is 4.79 Å². The van der Waals surface area contributed by atoms with E-state index in [0.717, 1.165) is 52.6 Å². The van der Waals surface area contributed by atoms with Gasteiger partial charge in [0.1, 0.15) is 11.6 Å². The van der Waals surface area contributed by atoms with Gasteiger partial charge in [-0.3, -0.25) is 4.79 Å². The SMILES string of the molecule is COc1ccc(Br)c(C(=O)N[C@H]2CC[C@@H](Nc3cc(N(C)C)c4ccccc4n3)CC2)c1. The molecule has 168 valence electrons. The van der Waals surface area contributed by atoms with Gasteiger partial charge in [0.2, 0.25) is 0 Å². The summed E-state index contributed by atoms with van der Waals surface area (Å²) in [5.74, 6) is 1.51. The van der Waals surface area contributed by atoms with Crippen molar-refractivity contribution >= 4 is 44.2 Å². The Morgan fingerprint density at radius 2 is 1.78 bits per heavy atom. The van der Waals surface area contributed by atoms with Crippen molar-refractivity contribution < 1.29 is 9.53 Å². The second kappa shape index (κ2) is 9.77. The fourth-order valence-electron chi connectivity index (χ4n) is 4.26. The number of anilines is 2. The molecule has 0 unspecified atom stereocenters. The molecule has 3 aromatic rings. The highest BCUT2D eigenvalue weighted by Crippen LogP contribution is 2.29. The number of amides is 1. The van der Waals surface area contributed by atoms with Gasteiger partial charge in [0.25, 0.3) is 5.91 Å². The molecule has 1 amide bonds. The molecule has 1 aromatic heterocycles. The van der Waals surface area contributed by atoms with Gasteiger partial charge in [-0.05, 0) is 65.9 Å². The number of hydrogen-bond donors (Lipinski definition) is 2. The van der Waals surface area contributed by atoms with E-state index in [-0.39, 0.29) is 11.9 Å². The van der Waals surface area contributed by atoms with Crippen LogP contribution in [0, 0.1) is 0 Å². The Bertz CT molecular complexity index is 1110. The van der Waals surface area contributed by atoms with Gasteiger partial charge in [0.15, 0.2) is 0 Å². The van der Waals surface area contributed by atoms with E-state index in [1.54, 1.807) is 13.2 Å². The summed E-state index contributed by atoms with van der Waals surface area (Å²) >= 11 is 3.47. The lowest BCUT2D eigenvalue weighted by molar-refractivity contribution is 0.0925. The summed E-state index contributed by atoms with van der Waals surface area (Å²) in [4.78, 5) is 19.7. The van der Waals surface area contributed by atoms with Crippen molar-refractivity contribution in [3.8, 4) is 5.75 Å². The van der Waals surface area contributed by atoms with Gasteiger partial charge in [-0.2, -0.15) is 0 Å². The number of para-hydroxylation sites is 1. The summed E-state index contributed by atoms with van der Waals surface area (Å²) in [5, 5.41) is 7.96. The van der Waals surface area contributed by atoms with Crippen molar-refractivity contribution in [1.82, 2.24) is 10.3 Å². The molecule has 0 spiro atoms. The molecular formula is C25H29BrN4O2. The van der Waals surface area contributed by atoms with Crippen molar-refractivity contribution in [3.63, 3.8) is 0 Å². The lowest BCUT2D eigenvalue weighted by atomic mass is 9.91. The van der Waals surface area contributed by atoms with Gasteiger partial charge in [-0.15, -0.1) is 0 Å². The van der Waals surface area contributed by atoms with E-state index < -0.39 is 0 Å². The molecule has 7 heteroatoms. The second-order valence-electron chi connectivity index (χ2n) is 8.45. The average Bonchev–Trinajstić information content (AvgIpc) is 2.80. The van der Waals surface area contributed by atoms with Crippen LogP contribution in [0.25, 0.3) is 10.9 Å². The van der Waals surface area contributed by atoms with Crippen LogP contribution >= 0.6 is 15.9 Å². The Hall–Kier alpha value is -2.80. The minimum absolute atomic E-state index is 0.0704. The van der Waals surface area contributed by atoms with Gasteiger partial charge >= 0.3 is 0 Å². The highest BCUT2D eigenvalue weighted by Gasteiger charge is 2.24. The summed E-state index contributed by atoms with van der Waals surface area (Å²) in [6.07, 6.45) is 3.82. The Morgan fingerprint density at radius 3 is 2.50 bits per heavy atom. The summed E-state index contributed by atoms with van der Waals surface area (Å²) in [6.45, 7) is 0. The zero-order valence-electron chi connectivity index (χ0n) is 18.7. The minimum Gasteiger partial charge on any atom is -0.497 e. The first-order valence-electron chi connectivity index (χ1n) is 10.9. The summed E-state index contributed by atoms with van der Waals surface area (Å²) in [7, 11) is 5.71. The second-order valence-corrected chi connectivity index (χ2v) is 9.30. The molecule has 6 nitrogen and oxygen atoms in total. The zero-order valence-corrected chi connectivity index (χ0v) is 20.3. The van der Waals surface area contributed by atoms with Crippen molar-refractivity contribution in [1.29, 1.82) is 0 Å². The maximum atomic E-state index is 12.8. The Balaban J connectivity index is 1.38. The minimum atomic E-state index is -0.0704. The molecule has 1 heterocycles. The Kier molecular flexibility index (Phi) is 6.84. The van der Waals surface area contributed by atoms with Gasteiger partial charge in [0, 0.05) is 47.8 Å². The molecule has 0 saturated heterocycles. The van der Waals surface area contributed by atoms with E-state index in [1.807, 2.05) is 24.3 Å². The molecule has 0 atom stereocenters. The maximum absolute atomic E-state index is 12.8. The highest BCUT2D eigenvalue weighted by molar-refractivity contribution is 9.10. The number of hydrogen-bond acceptors (Lipinski definition) is 5. The third kappa shape index (κ3) is 4.99. The van der Waals surface area contributed by atoms with Gasteiger partial charge in [0.05, 0.1) is 18.2 Å². The van der Waals surface area contributed by atoms with Crippen LogP contribution in [0.15, 0.2) is 53.0 Å². The normalized spacial score (nSPS) is 18.2. The van der Waals surface area contributed by atoms with E-state index >= 15 is 0 Å². The molecule has 1 saturated carbocycles. The van der Waals surface area contributed by atoms with Crippen molar-refractivity contribution in [2.45, 2.75) is 37.8 Å². The summed E-state index contributed by atoms with van der Waals surface area (Å²) in [6, 6.07) is 16.3. The van der Waals surface area contributed by atoms with Crippen molar-refractivity contribution in [2.75, 3.05) is 31.4 Å². The number of carbonyl (C=O) groups excluding carboxylic acids is 1. The van der Waals surface area contributed by atoms with Crippen LogP contribution in [-0.4, -0.2) is 44.2 Å². The van der Waals surface area contributed by atoms with E-state index in [1.165, 1.54) is 0 Å². The third-order valence-electron chi connectivity index (χ3n) is 6.01. The topological polar surface area (TPSA) is 66.5 Å². The van der Waals surface area contributed by atoms with Gasteiger partial charge in [-0.1, -0.05) is 18.2 Å². The summed E-state index contributed by atoms with van der Waals surface area (Å²) in [5.41, 5.74) is 2.75. The van der Waals surface area contributed by atoms with Crippen LogP contribution in [0.3, 0.4) is 0 Å². The lowest BCUT2D eigenvalue weighted by Crippen LogP contribution is -2.40. The zero-order chi connectivity index (χ0) is 22.7. The monoisotopic (exact) mass is 496 g/mol. The van der Waals surface area contributed by atoms with Crippen LogP contribution in [0.1, 0.15) is 36.0 Å². The first kappa shape index (κ1) is 22.4. The molecule has 2 aromatic carbocycles. The van der Waals surface area contributed by atoms with Crippen LogP contribution in [0.4, 0.5) is 11.5 Å². The standard InChI is InChI=1S/C25H29BrN4O2/c1-30(2)23-15-24(29-22-7-5-4-6-19(22)23)27-16-8-10-17(11-9-16)28-25(31)20-14-18(32-3)12-13-21(20)26/h4-7,12-17H,8-11H2,1-3H3,(H,27,29)(H,28,31)/t16-,17+. The van der Waals surface area contributed by atoms with E-state index in [2.05, 4.69) is 63.8 Å². The van der Waals surface area contributed by atoms with Crippen LogP contribution in [-0.2, 0) is 0 Å². The van der Waals surface area contributed by atoms with E-state index in [0.29, 0.717) is 17.4 Å². The fourth-order valence-corrected chi connectivity index (χ4v) is 4.69. The number of fused-ring (bicyclic) bond motifs is 1. The number of halogens is 1. The number of pyridine rings is 1. The molecular weight excluding hydrogens is 468 g/mol. The number of nitrogens with one attached hydrogen (secondary N) is 2. The lowest BCUT2D eigenvalue weighted by Gasteiger charge is -2.30. The van der Waals surface area contributed by atoms with Crippen LogP contribution < -0.4 is 20.3 Å². The summed E-state index contributed by atoms with van der Waals surface area (Å²) < 4.78 is 6.02. The Morgan fingerprint density at radius 1 is 1.06 bits per heavy atom. The number of methoxy groups -OCH3 is 1.